The van der Waals surface area contributed by atoms with Gasteiger partial charge >= 0.3 is 0 Å². The highest BCUT2D eigenvalue weighted by Gasteiger charge is 2.17. The van der Waals surface area contributed by atoms with Crippen molar-refractivity contribution in [2.45, 2.75) is 13.8 Å². The first-order valence-electron chi connectivity index (χ1n) is 5.87. The molecule has 3 N–H and O–H groups in total. The lowest BCUT2D eigenvalue weighted by Crippen LogP contribution is -2.14. The van der Waals surface area contributed by atoms with Crippen LogP contribution in [0.1, 0.15) is 21.7 Å². The van der Waals surface area contributed by atoms with Crippen LogP contribution in [0, 0.1) is 19.7 Å². The number of nitrogens with one attached hydrogen (secondary N) is 1. The van der Waals surface area contributed by atoms with Crippen LogP contribution in [0.25, 0.3) is 0 Å². The lowest BCUT2D eigenvalue weighted by Gasteiger charge is -2.08. The molecule has 2 aromatic rings. The Morgan fingerprint density at radius 2 is 2.10 bits per heavy atom. The summed E-state index contributed by atoms with van der Waals surface area (Å²) in [7, 11) is 1.80. The molecule has 2 rings (SSSR count). The number of amides is 1. The van der Waals surface area contributed by atoms with Gasteiger partial charge in [0.25, 0.3) is 5.91 Å². The topological polar surface area (TPSA) is 72.9 Å². The number of aryl methyl sites for hydroxylation is 2. The molecule has 106 valence electrons. The summed E-state index contributed by atoms with van der Waals surface area (Å²) in [4.78, 5) is 12.3. The number of nitrogen functional groups attached to an aromatic ring is 1. The van der Waals surface area contributed by atoms with Crippen LogP contribution in [0.4, 0.5) is 15.8 Å². The quantitative estimate of drug-likeness (QED) is 0.825. The summed E-state index contributed by atoms with van der Waals surface area (Å²) in [6.07, 6.45) is 0. The first-order chi connectivity index (χ1) is 9.31. The molecule has 0 aliphatic rings. The molecule has 20 heavy (non-hydrogen) atoms. The Morgan fingerprint density at radius 3 is 2.65 bits per heavy atom. The SMILES string of the molecule is Cc1nn(C)c(C)c1NC(=O)c1cc(N)c(F)cc1Br. The number of anilines is 2. The Balaban J connectivity index is 2.36. The van der Waals surface area contributed by atoms with Crippen molar-refractivity contribution < 1.29 is 9.18 Å². The summed E-state index contributed by atoms with van der Waals surface area (Å²) in [6, 6.07) is 2.48. The van der Waals surface area contributed by atoms with Crippen LogP contribution in [-0.2, 0) is 7.05 Å². The summed E-state index contributed by atoms with van der Waals surface area (Å²) in [5.74, 6) is -0.940. The van der Waals surface area contributed by atoms with E-state index in [9.17, 15) is 9.18 Å². The monoisotopic (exact) mass is 340 g/mol. The molecule has 0 spiro atoms. The van der Waals surface area contributed by atoms with Crippen LogP contribution in [0.3, 0.4) is 0 Å². The fraction of sp³-hybridized carbons (Fsp3) is 0.231. The molecule has 0 aliphatic carbocycles. The normalized spacial score (nSPS) is 10.7. The number of benzene rings is 1. The van der Waals surface area contributed by atoms with Crippen molar-refractivity contribution in [3.63, 3.8) is 0 Å². The van der Waals surface area contributed by atoms with Gasteiger partial charge in [-0.2, -0.15) is 5.10 Å². The third kappa shape index (κ3) is 2.53. The zero-order chi connectivity index (χ0) is 15.0. The van der Waals surface area contributed by atoms with Crippen LogP contribution < -0.4 is 11.1 Å². The Labute approximate surface area is 124 Å². The number of rotatable bonds is 2. The summed E-state index contributed by atoms with van der Waals surface area (Å²) >= 11 is 3.16. The largest absolute Gasteiger partial charge is 0.396 e. The highest BCUT2D eigenvalue weighted by atomic mass is 79.9. The van der Waals surface area contributed by atoms with Crippen molar-refractivity contribution in [1.29, 1.82) is 0 Å². The number of nitrogens with zero attached hydrogens (tertiary/aromatic N) is 2. The van der Waals surface area contributed by atoms with E-state index in [4.69, 9.17) is 5.73 Å². The predicted molar refractivity (Wildman–Crippen MR) is 79.1 cm³/mol. The first-order valence-corrected chi connectivity index (χ1v) is 6.66. The molecule has 0 saturated carbocycles. The maximum Gasteiger partial charge on any atom is 0.256 e. The second-order valence-electron chi connectivity index (χ2n) is 4.48. The second-order valence-corrected chi connectivity index (χ2v) is 5.33. The number of carbonyl (C=O) groups excluding carboxylic acids is 1. The van der Waals surface area contributed by atoms with Gasteiger partial charge in [0, 0.05) is 11.5 Å². The Hall–Kier alpha value is -1.89. The Kier molecular flexibility index (Phi) is 3.80. The van der Waals surface area contributed by atoms with Crippen LogP contribution >= 0.6 is 15.9 Å². The van der Waals surface area contributed by atoms with Crippen LogP contribution in [-0.4, -0.2) is 15.7 Å². The lowest BCUT2D eigenvalue weighted by atomic mass is 10.1. The molecule has 1 heterocycles. The molecule has 1 aromatic carbocycles. The maximum absolute atomic E-state index is 13.3. The molecule has 0 atom stereocenters. The van der Waals surface area contributed by atoms with Gasteiger partial charge in [-0.25, -0.2) is 4.39 Å². The number of hydrogen-bond acceptors (Lipinski definition) is 3. The summed E-state index contributed by atoms with van der Waals surface area (Å²) in [5.41, 5.74) is 7.88. The first kappa shape index (κ1) is 14.5. The maximum atomic E-state index is 13.3. The molecule has 0 saturated heterocycles. The molecule has 1 aromatic heterocycles. The fourth-order valence-electron chi connectivity index (χ4n) is 1.88. The van der Waals surface area contributed by atoms with Crippen molar-refractivity contribution in [1.82, 2.24) is 9.78 Å². The predicted octanol–water partition coefficient (Wildman–Crippen LogP) is 2.77. The molecule has 0 radical (unpaired) electrons. The van der Waals surface area contributed by atoms with E-state index in [1.54, 1.807) is 18.7 Å². The molecule has 0 fully saturated rings. The van der Waals surface area contributed by atoms with Crippen molar-refractivity contribution in [2.75, 3.05) is 11.1 Å². The zero-order valence-electron chi connectivity index (χ0n) is 11.3. The van der Waals surface area contributed by atoms with E-state index in [1.165, 1.54) is 12.1 Å². The third-order valence-electron chi connectivity index (χ3n) is 3.08. The molecule has 0 bridgehead atoms. The van der Waals surface area contributed by atoms with E-state index in [1.807, 2.05) is 6.92 Å². The highest BCUT2D eigenvalue weighted by Crippen LogP contribution is 2.25. The minimum atomic E-state index is -0.567. The molecular formula is C13H14BrFN4O. The van der Waals surface area contributed by atoms with Crippen molar-refractivity contribution in [3.8, 4) is 0 Å². The average molecular weight is 341 g/mol. The van der Waals surface area contributed by atoms with Gasteiger partial charge in [0.05, 0.1) is 28.3 Å². The molecule has 7 heteroatoms. The summed E-state index contributed by atoms with van der Waals surface area (Å²) in [6.45, 7) is 3.65. The molecular weight excluding hydrogens is 327 g/mol. The molecule has 0 aliphatic heterocycles. The van der Waals surface area contributed by atoms with E-state index in [2.05, 4.69) is 26.3 Å². The second kappa shape index (κ2) is 5.24. The molecule has 1 amide bonds. The van der Waals surface area contributed by atoms with E-state index in [-0.39, 0.29) is 17.2 Å². The van der Waals surface area contributed by atoms with E-state index in [0.717, 1.165) is 5.69 Å². The number of nitrogens with two attached hydrogens (primary N) is 1. The van der Waals surface area contributed by atoms with Crippen LogP contribution in [0.2, 0.25) is 0 Å². The van der Waals surface area contributed by atoms with Gasteiger partial charge in [-0.3, -0.25) is 9.48 Å². The summed E-state index contributed by atoms with van der Waals surface area (Å²) in [5, 5.41) is 6.99. The highest BCUT2D eigenvalue weighted by molar-refractivity contribution is 9.10. The average Bonchev–Trinajstić information content (AvgIpc) is 2.60. The van der Waals surface area contributed by atoms with E-state index < -0.39 is 5.82 Å². The Morgan fingerprint density at radius 1 is 1.45 bits per heavy atom. The number of hydrogen-bond donors (Lipinski definition) is 2. The fourth-order valence-corrected chi connectivity index (χ4v) is 2.37. The van der Waals surface area contributed by atoms with Crippen LogP contribution in [0.15, 0.2) is 16.6 Å². The van der Waals surface area contributed by atoms with Gasteiger partial charge in [0.15, 0.2) is 0 Å². The lowest BCUT2D eigenvalue weighted by molar-refractivity contribution is 0.102. The molecule has 5 nitrogen and oxygen atoms in total. The van der Waals surface area contributed by atoms with Gasteiger partial charge in [-0.1, -0.05) is 0 Å². The van der Waals surface area contributed by atoms with Crippen molar-refractivity contribution >= 4 is 33.2 Å². The third-order valence-corrected chi connectivity index (χ3v) is 3.73. The number of aromatic nitrogens is 2. The van der Waals surface area contributed by atoms with Gasteiger partial charge in [0.2, 0.25) is 0 Å². The minimum Gasteiger partial charge on any atom is -0.396 e. The number of carbonyl (C=O) groups is 1. The van der Waals surface area contributed by atoms with E-state index in [0.29, 0.717) is 15.9 Å². The van der Waals surface area contributed by atoms with Gasteiger partial charge in [-0.15, -0.1) is 0 Å². The van der Waals surface area contributed by atoms with E-state index >= 15 is 0 Å². The number of halogens is 2. The standard InChI is InChI=1S/C13H14BrFN4O/c1-6-12(7(2)19(3)18-6)17-13(20)8-4-11(16)10(15)5-9(8)14/h4-5H,16H2,1-3H3,(H,17,20). The zero-order valence-corrected chi connectivity index (χ0v) is 12.9. The van der Waals surface area contributed by atoms with Crippen molar-refractivity contribution in [2.24, 2.45) is 7.05 Å². The smallest absolute Gasteiger partial charge is 0.256 e. The van der Waals surface area contributed by atoms with Gasteiger partial charge in [0.1, 0.15) is 5.82 Å². The van der Waals surface area contributed by atoms with Gasteiger partial charge < -0.3 is 11.1 Å². The Bertz CT molecular complexity index is 696. The molecule has 0 unspecified atom stereocenters. The summed E-state index contributed by atoms with van der Waals surface area (Å²) < 4.78 is 15.3. The van der Waals surface area contributed by atoms with Gasteiger partial charge in [-0.05, 0) is 41.9 Å². The van der Waals surface area contributed by atoms with Crippen molar-refractivity contribution in [3.05, 3.63) is 39.4 Å². The van der Waals surface area contributed by atoms with Crippen LogP contribution in [0.5, 0.6) is 0 Å². The minimum absolute atomic E-state index is 0.0713.